The summed E-state index contributed by atoms with van der Waals surface area (Å²) in [5.41, 5.74) is 1.73. The van der Waals surface area contributed by atoms with E-state index in [1.54, 1.807) is 13.0 Å². The quantitative estimate of drug-likeness (QED) is 0.575. The smallest absolute Gasteiger partial charge is 0.330 e. The first-order valence-electron chi connectivity index (χ1n) is 6.27. The minimum atomic E-state index is -0.852. The average Bonchev–Trinajstić information content (AvgIpc) is 2.38. The Hall–Kier alpha value is -1.61. The Bertz CT molecular complexity index is 398. The van der Waals surface area contributed by atoms with Gasteiger partial charge in [0.1, 0.15) is 0 Å². The van der Waals surface area contributed by atoms with Gasteiger partial charge in [0.05, 0.1) is 0 Å². The number of benzene rings is 1. The van der Waals surface area contributed by atoms with E-state index in [1.165, 1.54) is 5.56 Å². The highest BCUT2D eigenvalue weighted by atomic mass is 16.4. The molecule has 0 amide bonds. The molecule has 0 saturated heterocycles. The van der Waals surface area contributed by atoms with Crippen molar-refractivity contribution in [3.05, 3.63) is 47.5 Å². The SMILES string of the molecule is C/C(=C/CNCCC(C)c1ccccc1)C(=O)O. The summed E-state index contributed by atoms with van der Waals surface area (Å²) in [7, 11) is 0. The number of nitrogens with one attached hydrogen (secondary N) is 1. The van der Waals surface area contributed by atoms with Crippen LogP contribution in [0.1, 0.15) is 31.7 Å². The molecule has 0 spiro atoms. The van der Waals surface area contributed by atoms with Crippen LogP contribution < -0.4 is 5.32 Å². The highest BCUT2D eigenvalue weighted by Gasteiger charge is 2.03. The molecule has 0 aliphatic carbocycles. The van der Waals surface area contributed by atoms with Crippen molar-refractivity contribution in [3.8, 4) is 0 Å². The number of carboxylic acid groups (broad SMARTS) is 1. The monoisotopic (exact) mass is 247 g/mol. The van der Waals surface area contributed by atoms with Crippen molar-refractivity contribution in [1.29, 1.82) is 0 Å². The third-order valence-electron chi connectivity index (χ3n) is 3.01. The molecule has 0 aliphatic heterocycles. The maximum absolute atomic E-state index is 10.6. The minimum absolute atomic E-state index is 0.388. The van der Waals surface area contributed by atoms with Gasteiger partial charge in [0.2, 0.25) is 0 Å². The summed E-state index contributed by atoms with van der Waals surface area (Å²) < 4.78 is 0. The molecule has 2 N–H and O–H groups in total. The molecule has 0 saturated carbocycles. The largest absolute Gasteiger partial charge is 0.478 e. The van der Waals surface area contributed by atoms with Crippen LogP contribution in [0.2, 0.25) is 0 Å². The lowest BCUT2D eigenvalue weighted by Crippen LogP contribution is -2.17. The van der Waals surface area contributed by atoms with E-state index in [4.69, 9.17) is 5.11 Å². The summed E-state index contributed by atoms with van der Waals surface area (Å²) in [4.78, 5) is 10.6. The molecule has 1 aromatic carbocycles. The van der Waals surface area contributed by atoms with Crippen molar-refractivity contribution < 1.29 is 9.90 Å². The number of carbonyl (C=O) groups is 1. The summed E-state index contributed by atoms with van der Waals surface area (Å²) in [6.45, 7) is 5.31. The second-order valence-corrected chi connectivity index (χ2v) is 4.50. The maximum Gasteiger partial charge on any atom is 0.330 e. The van der Waals surface area contributed by atoms with Gasteiger partial charge < -0.3 is 10.4 Å². The van der Waals surface area contributed by atoms with Crippen molar-refractivity contribution in [2.75, 3.05) is 13.1 Å². The summed E-state index contributed by atoms with van der Waals surface area (Å²) in [5.74, 6) is -0.335. The summed E-state index contributed by atoms with van der Waals surface area (Å²) >= 11 is 0. The van der Waals surface area contributed by atoms with Gasteiger partial charge in [0.25, 0.3) is 0 Å². The van der Waals surface area contributed by atoms with E-state index >= 15 is 0 Å². The Morgan fingerprint density at radius 1 is 1.39 bits per heavy atom. The molecule has 1 aromatic rings. The number of aliphatic carboxylic acids is 1. The molecular formula is C15H21NO2. The number of rotatable bonds is 7. The molecule has 0 aliphatic rings. The Labute approximate surface area is 109 Å². The zero-order chi connectivity index (χ0) is 13.4. The van der Waals surface area contributed by atoms with E-state index in [9.17, 15) is 4.79 Å². The van der Waals surface area contributed by atoms with Crippen LogP contribution in [0.5, 0.6) is 0 Å². The van der Waals surface area contributed by atoms with Crippen LogP contribution in [-0.2, 0) is 4.79 Å². The topological polar surface area (TPSA) is 49.3 Å². The zero-order valence-electron chi connectivity index (χ0n) is 11.0. The number of carboxylic acids is 1. The fourth-order valence-electron chi connectivity index (χ4n) is 1.68. The van der Waals surface area contributed by atoms with Crippen molar-refractivity contribution in [1.82, 2.24) is 5.32 Å². The number of hydrogen-bond donors (Lipinski definition) is 2. The van der Waals surface area contributed by atoms with Gasteiger partial charge in [-0.05, 0) is 31.4 Å². The normalized spacial score (nSPS) is 13.3. The fraction of sp³-hybridized carbons (Fsp3) is 0.400. The van der Waals surface area contributed by atoms with Crippen molar-refractivity contribution >= 4 is 5.97 Å². The van der Waals surface area contributed by atoms with Gasteiger partial charge in [-0.15, -0.1) is 0 Å². The number of hydrogen-bond acceptors (Lipinski definition) is 2. The van der Waals surface area contributed by atoms with Crippen LogP contribution in [0.25, 0.3) is 0 Å². The van der Waals surface area contributed by atoms with E-state index in [2.05, 4.69) is 36.5 Å². The highest BCUT2D eigenvalue weighted by molar-refractivity contribution is 5.85. The van der Waals surface area contributed by atoms with Gasteiger partial charge in [-0.2, -0.15) is 0 Å². The second kappa shape index (κ2) is 7.67. The first kappa shape index (κ1) is 14.5. The predicted molar refractivity (Wildman–Crippen MR) is 73.7 cm³/mol. The lowest BCUT2D eigenvalue weighted by molar-refractivity contribution is -0.132. The Kier molecular flexibility index (Phi) is 6.15. The minimum Gasteiger partial charge on any atom is -0.478 e. The Balaban J connectivity index is 2.23. The summed E-state index contributed by atoms with van der Waals surface area (Å²) in [6, 6.07) is 10.4. The van der Waals surface area contributed by atoms with Gasteiger partial charge >= 0.3 is 5.97 Å². The van der Waals surface area contributed by atoms with Crippen LogP contribution in [0, 0.1) is 0 Å². The summed E-state index contributed by atoms with van der Waals surface area (Å²) in [5, 5.41) is 11.9. The average molecular weight is 247 g/mol. The van der Waals surface area contributed by atoms with Crippen LogP contribution in [0.15, 0.2) is 42.0 Å². The molecule has 3 heteroatoms. The molecule has 1 unspecified atom stereocenters. The molecule has 0 fully saturated rings. The second-order valence-electron chi connectivity index (χ2n) is 4.50. The van der Waals surface area contributed by atoms with Gasteiger partial charge in [-0.3, -0.25) is 0 Å². The lowest BCUT2D eigenvalue weighted by atomic mass is 9.98. The highest BCUT2D eigenvalue weighted by Crippen LogP contribution is 2.17. The Morgan fingerprint density at radius 3 is 2.67 bits per heavy atom. The van der Waals surface area contributed by atoms with Crippen LogP contribution in [0.3, 0.4) is 0 Å². The van der Waals surface area contributed by atoms with Crippen LogP contribution in [-0.4, -0.2) is 24.2 Å². The standard InChI is InChI=1S/C15H21NO2/c1-12(14-6-4-3-5-7-14)8-10-16-11-9-13(2)15(17)18/h3-7,9,12,16H,8,10-11H2,1-2H3,(H,17,18)/b13-9-. The van der Waals surface area contributed by atoms with Crippen LogP contribution >= 0.6 is 0 Å². The summed E-state index contributed by atoms with van der Waals surface area (Å²) in [6.07, 6.45) is 2.75. The third kappa shape index (κ3) is 5.15. The Morgan fingerprint density at radius 2 is 2.06 bits per heavy atom. The van der Waals surface area contributed by atoms with Crippen LogP contribution in [0.4, 0.5) is 0 Å². The van der Waals surface area contributed by atoms with E-state index in [0.717, 1.165) is 13.0 Å². The molecule has 1 atom stereocenters. The van der Waals surface area contributed by atoms with E-state index in [1.807, 2.05) is 6.07 Å². The molecule has 98 valence electrons. The van der Waals surface area contributed by atoms with Crippen molar-refractivity contribution in [2.45, 2.75) is 26.2 Å². The lowest BCUT2D eigenvalue weighted by Gasteiger charge is -2.11. The fourth-order valence-corrected chi connectivity index (χ4v) is 1.68. The molecule has 3 nitrogen and oxygen atoms in total. The van der Waals surface area contributed by atoms with Gasteiger partial charge in [0, 0.05) is 12.1 Å². The zero-order valence-corrected chi connectivity index (χ0v) is 11.0. The molecule has 18 heavy (non-hydrogen) atoms. The molecule has 0 radical (unpaired) electrons. The predicted octanol–water partition coefficient (Wildman–Crippen LogP) is 2.80. The molecular weight excluding hydrogens is 226 g/mol. The van der Waals surface area contributed by atoms with Crippen molar-refractivity contribution in [2.24, 2.45) is 0 Å². The van der Waals surface area contributed by atoms with E-state index < -0.39 is 5.97 Å². The van der Waals surface area contributed by atoms with Gasteiger partial charge in [-0.25, -0.2) is 4.79 Å². The van der Waals surface area contributed by atoms with E-state index in [0.29, 0.717) is 18.0 Å². The van der Waals surface area contributed by atoms with Gasteiger partial charge in [-0.1, -0.05) is 43.3 Å². The molecule has 1 rings (SSSR count). The first-order valence-corrected chi connectivity index (χ1v) is 6.27. The van der Waals surface area contributed by atoms with Crippen molar-refractivity contribution in [3.63, 3.8) is 0 Å². The van der Waals surface area contributed by atoms with Gasteiger partial charge in [0.15, 0.2) is 0 Å². The first-order chi connectivity index (χ1) is 8.61. The molecule has 0 aromatic heterocycles. The third-order valence-corrected chi connectivity index (χ3v) is 3.01. The molecule has 0 heterocycles. The molecule has 0 bridgehead atoms. The van der Waals surface area contributed by atoms with E-state index in [-0.39, 0.29) is 0 Å². The maximum atomic E-state index is 10.6.